The summed E-state index contributed by atoms with van der Waals surface area (Å²) in [7, 11) is 0. The third kappa shape index (κ3) is 1.24. The van der Waals surface area contributed by atoms with Crippen molar-refractivity contribution >= 4 is 11.4 Å². The molecule has 1 spiro atoms. The van der Waals surface area contributed by atoms with Crippen LogP contribution in [0.4, 0.5) is 15.8 Å². The normalized spacial score (nSPS) is 21.2. The molecule has 3 heteroatoms. The van der Waals surface area contributed by atoms with Crippen molar-refractivity contribution in [1.29, 1.82) is 0 Å². The molecule has 1 aromatic carbocycles. The zero-order valence-electron chi connectivity index (χ0n) is 9.59. The fraction of sp³-hybridized carbons (Fsp3) is 0.538. The second-order valence-corrected chi connectivity index (χ2v) is 4.84. The van der Waals surface area contributed by atoms with Crippen LogP contribution in [0.15, 0.2) is 18.2 Å². The van der Waals surface area contributed by atoms with Crippen LogP contribution in [0.5, 0.6) is 0 Å². The van der Waals surface area contributed by atoms with Crippen LogP contribution in [0.3, 0.4) is 0 Å². The number of hydrogen-bond donors (Lipinski definition) is 1. The molecule has 1 heterocycles. The highest BCUT2D eigenvalue weighted by Crippen LogP contribution is 2.45. The molecule has 3 rings (SSSR count). The molecule has 2 aliphatic rings. The first kappa shape index (κ1) is 9.94. The largest absolute Gasteiger partial charge is 0.381 e. The zero-order chi connectivity index (χ0) is 11.2. The lowest BCUT2D eigenvalue weighted by atomic mass is 9.73. The van der Waals surface area contributed by atoms with Gasteiger partial charge in [-0.05, 0) is 44.4 Å². The first-order chi connectivity index (χ1) is 7.75. The highest BCUT2D eigenvalue weighted by Gasteiger charge is 2.44. The summed E-state index contributed by atoms with van der Waals surface area (Å²) in [6, 6.07) is 5.03. The maximum atomic E-state index is 13.3. The van der Waals surface area contributed by atoms with Crippen LogP contribution in [0.1, 0.15) is 26.2 Å². The minimum absolute atomic E-state index is 0.143. The van der Waals surface area contributed by atoms with E-state index in [2.05, 4.69) is 17.1 Å². The quantitative estimate of drug-likeness (QED) is 0.782. The molecule has 16 heavy (non-hydrogen) atoms. The van der Waals surface area contributed by atoms with Gasteiger partial charge in [-0.1, -0.05) is 0 Å². The maximum Gasteiger partial charge on any atom is 0.125 e. The predicted molar refractivity (Wildman–Crippen MR) is 64.5 cm³/mol. The highest BCUT2D eigenvalue weighted by atomic mass is 19.1. The molecule has 86 valence electrons. The Balaban J connectivity index is 2.05. The number of likely N-dealkylation sites (N-methyl/N-ethyl adjacent to an activating group) is 1. The number of hydrogen-bond acceptors (Lipinski definition) is 2. The van der Waals surface area contributed by atoms with E-state index in [1.807, 2.05) is 6.07 Å². The topological polar surface area (TPSA) is 15.3 Å². The van der Waals surface area contributed by atoms with Gasteiger partial charge in [0.1, 0.15) is 5.82 Å². The van der Waals surface area contributed by atoms with Gasteiger partial charge >= 0.3 is 0 Å². The fourth-order valence-corrected chi connectivity index (χ4v) is 3.03. The van der Waals surface area contributed by atoms with E-state index < -0.39 is 0 Å². The van der Waals surface area contributed by atoms with Crippen molar-refractivity contribution in [2.45, 2.75) is 31.7 Å². The minimum atomic E-state index is -0.143. The summed E-state index contributed by atoms with van der Waals surface area (Å²) in [5.41, 5.74) is 2.37. The lowest BCUT2D eigenvalue weighted by molar-refractivity contribution is 0.240. The fourth-order valence-electron chi connectivity index (χ4n) is 3.03. The second kappa shape index (κ2) is 3.37. The van der Waals surface area contributed by atoms with Crippen LogP contribution in [0.2, 0.25) is 0 Å². The van der Waals surface area contributed by atoms with Gasteiger partial charge in [-0.15, -0.1) is 0 Å². The Morgan fingerprint density at radius 2 is 2.25 bits per heavy atom. The van der Waals surface area contributed by atoms with Gasteiger partial charge in [0.2, 0.25) is 0 Å². The summed E-state index contributed by atoms with van der Waals surface area (Å²) in [6.07, 6.45) is 3.75. The summed E-state index contributed by atoms with van der Waals surface area (Å²) < 4.78 is 13.3. The smallest absolute Gasteiger partial charge is 0.125 e. The molecule has 0 unspecified atom stereocenters. The van der Waals surface area contributed by atoms with E-state index >= 15 is 0 Å². The summed E-state index contributed by atoms with van der Waals surface area (Å²) in [5.74, 6) is -0.143. The van der Waals surface area contributed by atoms with Gasteiger partial charge in [-0.3, -0.25) is 0 Å². The van der Waals surface area contributed by atoms with E-state index in [-0.39, 0.29) is 11.4 Å². The Hall–Kier alpha value is -1.25. The first-order valence-corrected chi connectivity index (χ1v) is 6.06. The van der Waals surface area contributed by atoms with E-state index in [0.717, 1.165) is 24.5 Å². The first-order valence-electron chi connectivity index (χ1n) is 6.06. The molecule has 0 saturated heterocycles. The third-order valence-electron chi connectivity index (χ3n) is 4.03. The Kier molecular flexibility index (Phi) is 2.09. The van der Waals surface area contributed by atoms with Crippen molar-refractivity contribution < 1.29 is 4.39 Å². The molecule has 0 radical (unpaired) electrons. The van der Waals surface area contributed by atoms with Crippen molar-refractivity contribution in [2.24, 2.45) is 0 Å². The molecule has 2 nitrogen and oxygen atoms in total. The highest BCUT2D eigenvalue weighted by molar-refractivity contribution is 5.74. The van der Waals surface area contributed by atoms with Crippen LogP contribution in [-0.2, 0) is 0 Å². The number of nitrogens with zero attached hydrogens (tertiary/aromatic N) is 1. The zero-order valence-corrected chi connectivity index (χ0v) is 9.59. The molecule has 0 bridgehead atoms. The molecule has 1 aliphatic heterocycles. The second-order valence-electron chi connectivity index (χ2n) is 4.84. The average molecular weight is 220 g/mol. The number of fused-ring (bicyclic) bond motifs is 1. The molecular weight excluding hydrogens is 203 g/mol. The molecule has 0 amide bonds. The van der Waals surface area contributed by atoms with E-state index in [4.69, 9.17) is 0 Å². The molecule has 1 fully saturated rings. The molecule has 0 aromatic heterocycles. The van der Waals surface area contributed by atoms with E-state index in [9.17, 15) is 4.39 Å². The Morgan fingerprint density at radius 1 is 1.44 bits per heavy atom. The summed E-state index contributed by atoms with van der Waals surface area (Å²) in [5, 5.41) is 3.44. The number of halogens is 1. The number of rotatable bonds is 1. The van der Waals surface area contributed by atoms with Gasteiger partial charge in [-0.2, -0.15) is 0 Å². The lowest BCUT2D eigenvalue weighted by Gasteiger charge is -2.54. The Bertz CT molecular complexity index is 412. The van der Waals surface area contributed by atoms with Crippen molar-refractivity contribution in [3.63, 3.8) is 0 Å². The average Bonchev–Trinajstić information content (AvgIpc) is 2.25. The number of benzene rings is 1. The standard InChI is InChI=1S/C13H17FN2/c1-2-16-12-8-10(14)4-5-11(12)15-9-13(16)6-3-7-13/h4-5,8,15H,2-3,6-7,9H2,1H3. The van der Waals surface area contributed by atoms with Gasteiger partial charge in [-0.25, -0.2) is 4.39 Å². The number of nitrogens with one attached hydrogen (secondary N) is 1. The summed E-state index contributed by atoms with van der Waals surface area (Å²) >= 11 is 0. The minimum Gasteiger partial charge on any atom is -0.381 e. The summed E-state index contributed by atoms with van der Waals surface area (Å²) in [6.45, 7) is 4.11. The van der Waals surface area contributed by atoms with Gasteiger partial charge in [0.05, 0.1) is 16.9 Å². The monoisotopic (exact) mass is 220 g/mol. The van der Waals surface area contributed by atoms with Crippen molar-refractivity contribution in [1.82, 2.24) is 0 Å². The van der Waals surface area contributed by atoms with Crippen molar-refractivity contribution in [3.05, 3.63) is 24.0 Å². The van der Waals surface area contributed by atoms with E-state index in [1.54, 1.807) is 6.07 Å². The molecule has 1 saturated carbocycles. The number of anilines is 2. The third-order valence-corrected chi connectivity index (χ3v) is 4.03. The van der Waals surface area contributed by atoms with Crippen LogP contribution in [0.25, 0.3) is 0 Å². The molecular formula is C13H17FN2. The lowest BCUT2D eigenvalue weighted by Crippen LogP contribution is -2.60. The van der Waals surface area contributed by atoms with Crippen LogP contribution in [-0.4, -0.2) is 18.6 Å². The van der Waals surface area contributed by atoms with Crippen molar-refractivity contribution in [2.75, 3.05) is 23.3 Å². The van der Waals surface area contributed by atoms with Gasteiger partial charge in [0, 0.05) is 13.1 Å². The van der Waals surface area contributed by atoms with Gasteiger partial charge < -0.3 is 10.2 Å². The molecule has 0 atom stereocenters. The Morgan fingerprint density at radius 3 is 2.88 bits per heavy atom. The predicted octanol–water partition coefficient (Wildman–Crippen LogP) is 3.00. The molecule has 1 N–H and O–H groups in total. The molecule has 1 aliphatic carbocycles. The van der Waals surface area contributed by atoms with Crippen LogP contribution in [0, 0.1) is 5.82 Å². The maximum absolute atomic E-state index is 13.3. The Labute approximate surface area is 95.4 Å². The van der Waals surface area contributed by atoms with E-state index in [1.165, 1.54) is 25.3 Å². The SMILES string of the molecule is CCN1c2cc(F)ccc2NCC12CCC2. The van der Waals surface area contributed by atoms with Crippen LogP contribution >= 0.6 is 0 Å². The van der Waals surface area contributed by atoms with E-state index in [0.29, 0.717) is 0 Å². The summed E-state index contributed by atoms with van der Waals surface area (Å²) in [4.78, 5) is 2.38. The molecule has 1 aromatic rings. The van der Waals surface area contributed by atoms with Gasteiger partial charge in [0.25, 0.3) is 0 Å². The van der Waals surface area contributed by atoms with Crippen LogP contribution < -0.4 is 10.2 Å². The van der Waals surface area contributed by atoms with Gasteiger partial charge in [0.15, 0.2) is 0 Å². The van der Waals surface area contributed by atoms with Crippen molar-refractivity contribution in [3.8, 4) is 0 Å².